The molecule has 0 aliphatic rings. The van der Waals surface area contributed by atoms with Crippen LogP contribution in [0, 0.1) is 0 Å². The van der Waals surface area contributed by atoms with Gasteiger partial charge in [0.05, 0.1) is 12.6 Å². The Morgan fingerprint density at radius 3 is 2.62 bits per heavy atom. The number of rotatable bonds is 4. The molecule has 1 aromatic carbocycles. The van der Waals surface area contributed by atoms with Crippen molar-refractivity contribution in [2.45, 2.75) is 18.6 Å². The van der Waals surface area contributed by atoms with Crippen molar-refractivity contribution in [2.75, 3.05) is 7.05 Å². The molecule has 1 N–H and O–H groups in total. The summed E-state index contributed by atoms with van der Waals surface area (Å²) in [6, 6.07) is 3.21. The van der Waals surface area contributed by atoms with Crippen LogP contribution in [0.3, 0.4) is 0 Å². The second kappa shape index (κ2) is 6.10. The standard InChI is InChI=1S/C12H13BrF3N5/c1-17-10(6-11-18-20-21(2)19-11)8-5-7(12(14,15)16)3-4-9(8)13/h3-5,10,17H,6H2,1-2H3. The van der Waals surface area contributed by atoms with Crippen molar-refractivity contribution >= 4 is 15.9 Å². The molecule has 0 bridgehead atoms. The molecule has 2 aromatic rings. The van der Waals surface area contributed by atoms with Gasteiger partial charge in [-0.25, -0.2) is 0 Å². The molecule has 0 aliphatic heterocycles. The van der Waals surface area contributed by atoms with E-state index in [-0.39, 0.29) is 6.04 Å². The first-order chi connectivity index (χ1) is 9.81. The minimum atomic E-state index is -4.38. The summed E-state index contributed by atoms with van der Waals surface area (Å²) < 4.78 is 39.1. The van der Waals surface area contributed by atoms with Gasteiger partial charge in [-0.15, -0.1) is 10.2 Å². The monoisotopic (exact) mass is 363 g/mol. The lowest BCUT2D eigenvalue weighted by Crippen LogP contribution is -2.21. The van der Waals surface area contributed by atoms with E-state index in [0.29, 0.717) is 22.3 Å². The summed E-state index contributed by atoms with van der Waals surface area (Å²) in [6.45, 7) is 0. The van der Waals surface area contributed by atoms with Gasteiger partial charge in [-0.2, -0.15) is 18.0 Å². The Hall–Kier alpha value is -1.48. The maximum absolute atomic E-state index is 12.8. The van der Waals surface area contributed by atoms with E-state index in [1.165, 1.54) is 10.9 Å². The third kappa shape index (κ3) is 3.79. The molecule has 0 saturated heterocycles. The number of alkyl halides is 3. The Bertz CT molecular complexity index is 626. The van der Waals surface area contributed by atoms with E-state index in [1.54, 1.807) is 14.1 Å². The molecular formula is C12H13BrF3N5. The Balaban J connectivity index is 2.33. The number of nitrogens with one attached hydrogen (secondary N) is 1. The molecule has 1 atom stereocenters. The number of benzene rings is 1. The van der Waals surface area contributed by atoms with Crippen molar-refractivity contribution in [2.24, 2.45) is 7.05 Å². The van der Waals surface area contributed by atoms with Gasteiger partial charge < -0.3 is 5.32 Å². The van der Waals surface area contributed by atoms with Crippen LogP contribution >= 0.6 is 15.9 Å². The van der Waals surface area contributed by atoms with Crippen LogP contribution in [-0.4, -0.2) is 27.3 Å². The summed E-state index contributed by atoms with van der Waals surface area (Å²) in [5, 5.41) is 14.6. The van der Waals surface area contributed by atoms with Crippen LogP contribution in [0.25, 0.3) is 0 Å². The van der Waals surface area contributed by atoms with Crippen LogP contribution in [0.1, 0.15) is 23.0 Å². The topological polar surface area (TPSA) is 55.6 Å². The number of likely N-dealkylation sites (N-methyl/N-ethyl adjacent to an activating group) is 1. The van der Waals surface area contributed by atoms with Gasteiger partial charge in [-0.3, -0.25) is 0 Å². The Labute approximate surface area is 127 Å². The molecule has 0 amide bonds. The average molecular weight is 364 g/mol. The van der Waals surface area contributed by atoms with Gasteiger partial charge in [-0.1, -0.05) is 15.9 Å². The van der Waals surface area contributed by atoms with Gasteiger partial charge in [0.25, 0.3) is 0 Å². The second-order valence-corrected chi connectivity index (χ2v) is 5.33. The molecule has 21 heavy (non-hydrogen) atoms. The fraction of sp³-hybridized carbons (Fsp3) is 0.417. The fourth-order valence-electron chi connectivity index (χ4n) is 1.94. The number of hydrogen-bond donors (Lipinski definition) is 1. The zero-order valence-corrected chi connectivity index (χ0v) is 12.9. The highest BCUT2D eigenvalue weighted by molar-refractivity contribution is 9.10. The lowest BCUT2D eigenvalue weighted by molar-refractivity contribution is -0.137. The minimum absolute atomic E-state index is 0.338. The predicted molar refractivity (Wildman–Crippen MR) is 73.4 cm³/mol. The van der Waals surface area contributed by atoms with Gasteiger partial charge in [-0.05, 0) is 36.0 Å². The highest BCUT2D eigenvalue weighted by Gasteiger charge is 2.31. The summed E-state index contributed by atoms with van der Waals surface area (Å²) in [7, 11) is 3.30. The zero-order valence-electron chi connectivity index (χ0n) is 11.3. The van der Waals surface area contributed by atoms with Crippen molar-refractivity contribution in [3.63, 3.8) is 0 Å². The second-order valence-electron chi connectivity index (χ2n) is 4.47. The number of tetrazole rings is 1. The first-order valence-corrected chi connectivity index (χ1v) is 6.87. The smallest absolute Gasteiger partial charge is 0.313 e. The third-order valence-electron chi connectivity index (χ3n) is 2.98. The molecule has 114 valence electrons. The van der Waals surface area contributed by atoms with Crippen molar-refractivity contribution < 1.29 is 13.2 Å². The highest BCUT2D eigenvalue weighted by atomic mass is 79.9. The van der Waals surface area contributed by atoms with E-state index < -0.39 is 11.7 Å². The number of aromatic nitrogens is 4. The summed E-state index contributed by atoms with van der Waals surface area (Å²) in [5.41, 5.74) is -0.187. The van der Waals surface area contributed by atoms with Crippen molar-refractivity contribution in [3.8, 4) is 0 Å². The molecule has 0 fully saturated rings. The van der Waals surface area contributed by atoms with E-state index in [9.17, 15) is 13.2 Å². The normalized spacial score (nSPS) is 13.4. The van der Waals surface area contributed by atoms with Crippen LogP contribution in [0.5, 0.6) is 0 Å². The van der Waals surface area contributed by atoms with Gasteiger partial charge in [0, 0.05) is 16.9 Å². The van der Waals surface area contributed by atoms with Crippen molar-refractivity contribution in [1.82, 2.24) is 25.5 Å². The summed E-state index contributed by atoms with van der Waals surface area (Å²) in [6.07, 6.45) is -4.04. The number of nitrogens with zero attached hydrogens (tertiary/aromatic N) is 4. The maximum Gasteiger partial charge on any atom is 0.416 e. The summed E-state index contributed by atoms with van der Waals surface area (Å²) >= 11 is 3.29. The molecule has 0 saturated carbocycles. The van der Waals surface area contributed by atoms with Crippen LogP contribution in [0.4, 0.5) is 13.2 Å². The van der Waals surface area contributed by atoms with E-state index in [2.05, 4.69) is 36.7 Å². The molecule has 1 heterocycles. The lowest BCUT2D eigenvalue weighted by Gasteiger charge is -2.18. The van der Waals surface area contributed by atoms with Crippen LogP contribution in [0.15, 0.2) is 22.7 Å². The number of aryl methyl sites for hydroxylation is 1. The van der Waals surface area contributed by atoms with Gasteiger partial charge in [0.15, 0.2) is 5.82 Å². The van der Waals surface area contributed by atoms with E-state index in [1.807, 2.05) is 0 Å². The number of halogens is 4. The molecule has 5 nitrogen and oxygen atoms in total. The van der Waals surface area contributed by atoms with Crippen molar-refractivity contribution in [1.29, 1.82) is 0 Å². The van der Waals surface area contributed by atoms with Gasteiger partial charge in [0.2, 0.25) is 0 Å². The molecule has 0 radical (unpaired) electrons. The SMILES string of the molecule is CNC(Cc1nnn(C)n1)c1cc(C(F)(F)F)ccc1Br. The molecule has 2 rings (SSSR count). The van der Waals surface area contributed by atoms with E-state index in [0.717, 1.165) is 12.1 Å². The summed E-state index contributed by atoms with van der Waals surface area (Å²) in [5.74, 6) is 0.459. The zero-order chi connectivity index (χ0) is 15.6. The first kappa shape index (κ1) is 15.9. The fourth-order valence-corrected chi connectivity index (χ4v) is 2.47. The molecule has 9 heteroatoms. The molecule has 0 aliphatic carbocycles. The van der Waals surface area contributed by atoms with Crippen LogP contribution in [-0.2, 0) is 19.6 Å². The highest BCUT2D eigenvalue weighted by Crippen LogP contribution is 2.34. The van der Waals surface area contributed by atoms with Gasteiger partial charge >= 0.3 is 6.18 Å². The van der Waals surface area contributed by atoms with Crippen LogP contribution < -0.4 is 5.32 Å². The molecule has 0 spiro atoms. The summed E-state index contributed by atoms with van der Waals surface area (Å²) in [4.78, 5) is 1.31. The molecule has 1 unspecified atom stereocenters. The predicted octanol–water partition coefficient (Wildman–Crippen LogP) is 2.49. The molecular weight excluding hydrogens is 351 g/mol. The van der Waals surface area contributed by atoms with E-state index in [4.69, 9.17) is 0 Å². The Kier molecular flexibility index (Phi) is 4.62. The number of hydrogen-bond acceptors (Lipinski definition) is 4. The third-order valence-corrected chi connectivity index (χ3v) is 3.71. The van der Waals surface area contributed by atoms with E-state index >= 15 is 0 Å². The van der Waals surface area contributed by atoms with Crippen molar-refractivity contribution in [3.05, 3.63) is 39.6 Å². The van der Waals surface area contributed by atoms with Gasteiger partial charge in [0.1, 0.15) is 0 Å². The minimum Gasteiger partial charge on any atom is -0.313 e. The quantitative estimate of drug-likeness (QED) is 0.906. The molecule has 1 aromatic heterocycles. The lowest BCUT2D eigenvalue weighted by atomic mass is 10.0. The van der Waals surface area contributed by atoms with Crippen LogP contribution in [0.2, 0.25) is 0 Å². The largest absolute Gasteiger partial charge is 0.416 e. The maximum atomic E-state index is 12.8. The first-order valence-electron chi connectivity index (χ1n) is 6.08. The Morgan fingerprint density at radius 2 is 2.10 bits per heavy atom. The Morgan fingerprint density at radius 1 is 1.38 bits per heavy atom. The average Bonchev–Trinajstić information content (AvgIpc) is 2.81.